The molecule has 0 aliphatic carbocycles. The van der Waals surface area contributed by atoms with Crippen molar-refractivity contribution < 1.29 is 19.4 Å². The van der Waals surface area contributed by atoms with Crippen LogP contribution in [0, 0.1) is 0 Å². The Labute approximate surface area is 189 Å². The Balaban J connectivity index is 1.47. The molecule has 0 saturated carbocycles. The minimum Gasteiger partial charge on any atom is -0.388 e. The summed E-state index contributed by atoms with van der Waals surface area (Å²) in [7, 11) is 1.86. The van der Waals surface area contributed by atoms with Crippen molar-refractivity contribution in [2.75, 3.05) is 32.1 Å². The maximum atomic E-state index is 13.2. The van der Waals surface area contributed by atoms with E-state index in [2.05, 4.69) is 5.32 Å². The minimum atomic E-state index is -1.52. The predicted octanol–water partition coefficient (Wildman–Crippen LogP) is 2.74. The summed E-state index contributed by atoms with van der Waals surface area (Å²) < 4.78 is 5.63. The van der Waals surface area contributed by atoms with Crippen molar-refractivity contribution in [1.29, 1.82) is 0 Å². The molecule has 2 aliphatic heterocycles. The van der Waals surface area contributed by atoms with Gasteiger partial charge in [-0.15, -0.1) is 0 Å². The summed E-state index contributed by atoms with van der Waals surface area (Å²) in [5, 5.41) is 14.0. The van der Waals surface area contributed by atoms with E-state index in [0.29, 0.717) is 13.1 Å². The molecule has 7 heteroatoms. The molecule has 2 fully saturated rings. The van der Waals surface area contributed by atoms with Gasteiger partial charge >= 0.3 is 0 Å². The topological polar surface area (TPSA) is 82.1 Å². The number of nitrogens with one attached hydrogen (secondary N) is 1. The fraction of sp³-hybridized carbons (Fsp3) is 0.440. The second-order valence-electron chi connectivity index (χ2n) is 8.42. The van der Waals surface area contributed by atoms with Crippen LogP contribution in [0.1, 0.15) is 43.0 Å². The van der Waals surface area contributed by atoms with E-state index in [-0.39, 0.29) is 24.6 Å². The SMILES string of the molecule is CNc1ccc([C@@H](C)N2CCO[C@H]([C@@H](O)C(=O)N3CCCC3c3ccccc3)C2=O)cc1. The Hall–Kier alpha value is -2.90. The zero-order valence-electron chi connectivity index (χ0n) is 18.6. The van der Waals surface area contributed by atoms with Crippen molar-refractivity contribution >= 4 is 17.5 Å². The lowest BCUT2D eigenvalue weighted by Crippen LogP contribution is -2.57. The number of carbonyl (C=O) groups excluding carboxylic acids is 2. The Kier molecular flexibility index (Phi) is 6.77. The Morgan fingerprint density at radius 3 is 2.53 bits per heavy atom. The maximum absolute atomic E-state index is 13.2. The van der Waals surface area contributed by atoms with Gasteiger partial charge < -0.3 is 25.0 Å². The average Bonchev–Trinajstić information content (AvgIpc) is 3.33. The number of amides is 2. The molecule has 32 heavy (non-hydrogen) atoms. The van der Waals surface area contributed by atoms with E-state index in [4.69, 9.17) is 4.74 Å². The summed E-state index contributed by atoms with van der Waals surface area (Å²) in [5.41, 5.74) is 3.02. The molecule has 0 radical (unpaired) electrons. The number of anilines is 1. The first-order chi connectivity index (χ1) is 15.5. The molecule has 0 bridgehead atoms. The number of rotatable bonds is 6. The zero-order valence-corrected chi connectivity index (χ0v) is 18.6. The second kappa shape index (κ2) is 9.71. The summed E-state index contributed by atoms with van der Waals surface area (Å²) in [6.07, 6.45) is -1.00. The smallest absolute Gasteiger partial charge is 0.255 e. The number of morpholine rings is 1. The lowest BCUT2D eigenvalue weighted by atomic mass is 10.0. The van der Waals surface area contributed by atoms with Crippen LogP contribution in [0.2, 0.25) is 0 Å². The average molecular weight is 438 g/mol. The van der Waals surface area contributed by atoms with Crippen LogP contribution >= 0.6 is 0 Å². The summed E-state index contributed by atoms with van der Waals surface area (Å²) in [5.74, 6) is -0.791. The van der Waals surface area contributed by atoms with E-state index in [0.717, 1.165) is 29.7 Å². The first-order valence-electron chi connectivity index (χ1n) is 11.2. The molecule has 7 nitrogen and oxygen atoms in total. The number of aliphatic hydroxyl groups excluding tert-OH is 1. The molecule has 2 aliphatic rings. The van der Waals surface area contributed by atoms with Crippen LogP contribution in [0.25, 0.3) is 0 Å². The highest BCUT2D eigenvalue weighted by Crippen LogP contribution is 2.33. The van der Waals surface area contributed by atoms with Gasteiger partial charge in [-0.25, -0.2) is 0 Å². The molecule has 4 rings (SSSR count). The van der Waals surface area contributed by atoms with Gasteiger partial charge in [0.2, 0.25) is 0 Å². The first kappa shape index (κ1) is 22.3. The van der Waals surface area contributed by atoms with Gasteiger partial charge in [0.1, 0.15) is 0 Å². The molecule has 1 unspecified atom stereocenters. The van der Waals surface area contributed by atoms with Crippen LogP contribution < -0.4 is 5.32 Å². The van der Waals surface area contributed by atoms with Crippen LogP contribution in [0.4, 0.5) is 5.69 Å². The number of ether oxygens (including phenoxy) is 1. The van der Waals surface area contributed by atoms with Gasteiger partial charge in [-0.3, -0.25) is 9.59 Å². The molecule has 2 heterocycles. The Morgan fingerprint density at radius 1 is 1.12 bits per heavy atom. The van der Waals surface area contributed by atoms with Gasteiger partial charge in [0, 0.05) is 25.8 Å². The fourth-order valence-electron chi connectivity index (χ4n) is 4.69. The monoisotopic (exact) mass is 437 g/mol. The predicted molar refractivity (Wildman–Crippen MR) is 122 cm³/mol. The largest absolute Gasteiger partial charge is 0.388 e. The van der Waals surface area contributed by atoms with E-state index in [9.17, 15) is 14.7 Å². The van der Waals surface area contributed by atoms with Crippen LogP contribution in [0.15, 0.2) is 54.6 Å². The zero-order chi connectivity index (χ0) is 22.7. The molecular formula is C25H31N3O4. The number of benzene rings is 2. The van der Waals surface area contributed by atoms with Crippen molar-refractivity contribution in [3.8, 4) is 0 Å². The summed E-state index contributed by atoms with van der Waals surface area (Å²) >= 11 is 0. The molecule has 2 saturated heterocycles. The molecular weight excluding hydrogens is 406 g/mol. The van der Waals surface area contributed by atoms with Gasteiger partial charge in [-0.1, -0.05) is 42.5 Å². The maximum Gasteiger partial charge on any atom is 0.255 e. The van der Waals surface area contributed by atoms with Gasteiger partial charge in [0.15, 0.2) is 12.2 Å². The number of hydrogen-bond donors (Lipinski definition) is 2. The molecule has 170 valence electrons. The second-order valence-corrected chi connectivity index (χ2v) is 8.42. The highest BCUT2D eigenvalue weighted by atomic mass is 16.5. The molecule has 2 aromatic rings. The quantitative estimate of drug-likeness (QED) is 0.726. The van der Waals surface area contributed by atoms with E-state index in [1.807, 2.05) is 68.6 Å². The van der Waals surface area contributed by atoms with Crippen molar-refractivity contribution in [3.05, 3.63) is 65.7 Å². The third kappa shape index (κ3) is 4.36. The highest BCUT2D eigenvalue weighted by molar-refractivity contribution is 5.91. The van der Waals surface area contributed by atoms with Gasteiger partial charge in [0.25, 0.3) is 11.8 Å². The van der Waals surface area contributed by atoms with Crippen LogP contribution in [0.3, 0.4) is 0 Å². The fourth-order valence-corrected chi connectivity index (χ4v) is 4.69. The number of carbonyl (C=O) groups is 2. The third-order valence-electron chi connectivity index (χ3n) is 6.57. The molecule has 4 atom stereocenters. The standard InChI is InChI=1S/C25H31N3O4/c1-17(18-10-12-20(26-2)13-11-18)27-15-16-32-23(25(27)31)22(29)24(30)28-14-6-9-21(28)19-7-4-3-5-8-19/h3-5,7-8,10-13,17,21-23,26,29H,6,9,14-16H2,1-2H3/t17-,21?,22-,23-/m1/s1. The summed E-state index contributed by atoms with van der Waals surface area (Å²) in [6.45, 7) is 3.21. The van der Waals surface area contributed by atoms with E-state index in [1.165, 1.54) is 0 Å². The van der Waals surface area contributed by atoms with Crippen molar-refractivity contribution in [3.63, 3.8) is 0 Å². The van der Waals surface area contributed by atoms with Crippen LogP contribution in [0.5, 0.6) is 0 Å². The first-order valence-corrected chi connectivity index (χ1v) is 11.2. The van der Waals surface area contributed by atoms with Gasteiger partial charge in [-0.2, -0.15) is 0 Å². The van der Waals surface area contributed by atoms with Crippen molar-refractivity contribution in [2.45, 2.75) is 44.1 Å². The molecule has 2 aromatic carbocycles. The minimum absolute atomic E-state index is 0.0854. The normalized spacial score (nSPS) is 23.2. The number of aliphatic hydroxyl groups is 1. The third-order valence-corrected chi connectivity index (χ3v) is 6.57. The molecule has 2 N–H and O–H groups in total. The lowest BCUT2D eigenvalue weighted by Gasteiger charge is -2.39. The van der Waals surface area contributed by atoms with E-state index < -0.39 is 18.1 Å². The lowest BCUT2D eigenvalue weighted by molar-refractivity contribution is -0.174. The number of hydrogen-bond acceptors (Lipinski definition) is 5. The van der Waals surface area contributed by atoms with Crippen molar-refractivity contribution in [1.82, 2.24) is 9.80 Å². The molecule has 0 spiro atoms. The Bertz CT molecular complexity index is 934. The number of nitrogens with zero attached hydrogens (tertiary/aromatic N) is 2. The summed E-state index contributed by atoms with van der Waals surface area (Å²) in [4.78, 5) is 29.8. The molecule has 0 aromatic heterocycles. The van der Waals surface area contributed by atoms with E-state index in [1.54, 1.807) is 9.80 Å². The van der Waals surface area contributed by atoms with Gasteiger partial charge in [0.05, 0.1) is 18.7 Å². The van der Waals surface area contributed by atoms with E-state index >= 15 is 0 Å². The highest BCUT2D eigenvalue weighted by Gasteiger charge is 2.43. The van der Waals surface area contributed by atoms with Gasteiger partial charge in [-0.05, 0) is 43.0 Å². The Morgan fingerprint density at radius 2 is 1.84 bits per heavy atom. The van der Waals surface area contributed by atoms with Crippen LogP contribution in [-0.4, -0.2) is 65.7 Å². The molecule has 2 amide bonds. The number of likely N-dealkylation sites (tertiary alicyclic amines) is 1. The summed E-state index contributed by atoms with van der Waals surface area (Å²) in [6, 6.07) is 17.4. The van der Waals surface area contributed by atoms with Crippen LogP contribution in [-0.2, 0) is 14.3 Å². The van der Waals surface area contributed by atoms with Crippen molar-refractivity contribution in [2.24, 2.45) is 0 Å².